The molecule has 14 heavy (non-hydrogen) atoms. The van der Waals surface area contributed by atoms with Crippen LogP contribution in [0.1, 0.15) is 52.4 Å². The van der Waals surface area contributed by atoms with Crippen LogP contribution in [0.15, 0.2) is 0 Å². The Morgan fingerprint density at radius 1 is 1.07 bits per heavy atom. The van der Waals surface area contributed by atoms with E-state index in [1.165, 1.54) is 32.2 Å². The SMILES string of the molecule is CCN(C)CCCCCCCC(C)=O. The molecule has 0 atom stereocenters. The fourth-order valence-corrected chi connectivity index (χ4v) is 1.44. The van der Waals surface area contributed by atoms with Crippen LogP contribution in [-0.4, -0.2) is 30.8 Å². The highest BCUT2D eigenvalue weighted by molar-refractivity contribution is 5.75. The van der Waals surface area contributed by atoms with Crippen molar-refractivity contribution in [3.8, 4) is 0 Å². The maximum absolute atomic E-state index is 10.7. The van der Waals surface area contributed by atoms with E-state index in [1.807, 2.05) is 0 Å². The lowest BCUT2D eigenvalue weighted by atomic mass is 10.1. The van der Waals surface area contributed by atoms with Gasteiger partial charge in [0.05, 0.1) is 0 Å². The van der Waals surface area contributed by atoms with Gasteiger partial charge in [-0.3, -0.25) is 0 Å². The molecule has 0 radical (unpaired) electrons. The van der Waals surface area contributed by atoms with Gasteiger partial charge in [0.2, 0.25) is 0 Å². The summed E-state index contributed by atoms with van der Waals surface area (Å²) in [5.41, 5.74) is 0. The standard InChI is InChI=1S/C12H25NO/c1-4-13(3)11-9-7-5-6-8-10-12(2)14/h4-11H2,1-3H3. The van der Waals surface area contributed by atoms with Gasteiger partial charge in [0, 0.05) is 6.42 Å². The Hall–Kier alpha value is -0.370. The number of rotatable bonds is 9. The smallest absolute Gasteiger partial charge is 0.129 e. The first-order valence-corrected chi connectivity index (χ1v) is 5.84. The molecule has 2 nitrogen and oxygen atoms in total. The summed E-state index contributed by atoms with van der Waals surface area (Å²) in [7, 11) is 2.16. The molecule has 0 aromatic rings. The maximum atomic E-state index is 10.7. The third kappa shape index (κ3) is 9.72. The molecule has 0 heterocycles. The first-order chi connectivity index (χ1) is 6.66. The van der Waals surface area contributed by atoms with Gasteiger partial charge in [0.15, 0.2) is 0 Å². The predicted octanol–water partition coefficient (Wildman–Crippen LogP) is 2.87. The topological polar surface area (TPSA) is 20.3 Å². The molecule has 0 rings (SSSR count). The number of hydrogen-bond acceptors (Lipinski definition) is 2. The Bertz CT molecular complexity index is 145. The summed E-state index contributed by atoms with van der Waals surface area (Å²) in [5.74, 6) is 0.329. The fraction of sp³-hybridized carbons (Fsp3) is 0.917. The van der Waals surface area contributed by atoms with Gasteiger partial charge in [-0.15, -0.1) is 0 Å². The van der Waals surface area contributed by atoms with Crippen molar-refractivity contribution in [1.29, 1.82) is 0 Å². The molecule has 0 aliphatic carbocycles. The van der Waals surface area contributed by atoms with Gasteiger partial charge < -0.3 is 9.69 Å². The van der Waals surface area contributed by atoms with Gasteiger partial charge in [0.1, 0.15) is 5.78 Å². The highest BCUT2D eigenvalue weighted by Gasteiger charge is 1.96. The number of unbranched alkanes of at least 4 members (excludes halogenated alkanes) is 4. The summed E-state index contributed by atoms with van der Waals surface area (Å²) in [6.45, 7) is 6.22. The third-order valence-corrected chi connectivity index (χ3v) is 2.61. The van der Waals surface area contributed by atoms with Gasteiger partial charge in [-0.05, 0) is 39.9 Å². The molecule has 0 unspecified atom stereocenters. The van der Waals surface area contributed by atoms with E-state index >= 15 is 0 Å². The molecule has 0 aliphatic rings. The van der Waals surface area contributed by atoms with Crippen LogP contribution < -0.4 is 0 Å². The Balaban J connectivity index is 3.02. The van der Waals surface area contributed by atoms with Crippen molar-refractivity contribution in [2.24, 2.45) is 0 Å². The molecule has 0 bridgehead atoms. The lowest BCUT2D eigenvalue weighted by Gasteiger charge is -2.12. The minimum absolute atomic E-state index is 0.329. The number of carbonyl (C=O) groups excluding carboxylic acids is 1. The molecule has 0 aliphatic heterocycles. The van der Waals surface area contributed by atoms with Crippen molar-refractivity contribution in [2.75, 3.05) is 20.1 Å². The summed E-state index contributed by atoms with van der Waals surface area (Å²) >= 11 is 0. The van der Waals surface area contributed by atoms with Crippen LogP contribution in [-0.2, 0) is 4.79 Å². The molecule has 0 aromatic carbocycles. The third-order valence-electron chi connectivity index (χ3n) is 2.61. The normalized spacial score (nSPS) is 10.9. The van der Waals surface area contributed by atoms with E-state index in [0.717, 1.165) is 19.4 Å². The molecule has 2 heteroatoms. The molecule has 0 aromatic heterocycles. The van der Waals surface area contributed by atoms with Crippen LogP contribution in [0.25, 0.3) is 0 Å². The second kappa shape index (κ2) is 9.20. The quantitative estimate of drug-likeness (QED) is 0.532. The van der Waals surface area contributed by atoms with E-state index in [0.29, 0.717) is 5.78 Å². The zero-order chi connectivity index (χ0) is 10.8. The Morgan fingerprint density at radius 3 is 2.21 bits per heavy atom. The van der Waals surface area contributed by atoms with Crippen LogP contribution in [0.5, 0.6) is 0 Å². The number of Topliss-reactive ketones (excluding diaryl/α,β-unsaturated/α-hetero) is 1. The Kier molecular flexibility index (Phi) is 8.95. The van der Waals surface area contributed by atoms with Crippen LogP contribution in [0.3, 0.4) is 0 Å². The largest absolute Gasteiger partial charge is 0.307 e. The van der Waals surface area contributed by atoms with Crippen molar-refractivity contribution in [2.45, 2.75) is 52.4 Å². The van der Waals surface area contributed by atoms with E-state index in [2.05, 4.69) is 18.9 Å². The second-order valence-electron chi connectivity index (χ2n) is 4.12. The summed E-state index contributed by atoms with van der Waals surface area (Å²) in [6.07, 6.45) is 6.96. The monoisotopic (exact) mass is 199 g/mol. The van der Waals surface area contributed by atoms with Crippen LogP contribution >= 0.6 is 0 Å². The van der Waals surface area contributed by atoms with E-state index < -0.39 is 0 Å². The van der Waals surface area contributed by atoms with E-state index in [1.54, 1.807) is 6.92 Å². The maximum Gasteiger partial charge on any atom is 0.129 e. The number of nitrogens with zero attached hydrogens (tertiary/aromatic N) is 1. The molecule has 0 amide bonds. The zero-order valence-corrected chi connectivity index (χ0v) is 10.0. The molecule has 84 valence electrons. The van der Waals surface area contributed by atoms with Gasteiger partial charge >= 0.3 is 0 Å². The molecular weight excluding hydrogens is 174 g/mol. The van der Waals surface area contributed by atoms with E-state index in [9.17, 15) is 4.79 Å². The first-order valence-electron chi connectivity index (χ1n) is 5.84. The van der Waals surface area contributed by atoms with Crippen LogP contribution in [0, 0.1) is 0 Å². The van der Waals surface area contributed by atoms with Crippen molar-refractivity contribution < 1.29 is 4.79 Å². The van der Waals surface area contributed by atoms with Crippen LogP contribution in [0.2, 0.25) is 0 Å². The fourth-order valence-electron chi connectivity index (χ4n) is 1.44. The molecule has 0 saturated heterocycles. The zero-order valence-electron chi connectivity index (χ0n) is 10.0. The van der Waals surface area contributed by atoms with E-state index in [4.69, 9.17) is 0 Å². The average Bonchev–Trinajstić information content (AvgIpc) is 2.15. The number of ketones is 1. The van der Waals surface area contributed by atoms with Gasteiger partial charge in [-0.2, -0.15) is 0 Å². The molecule has 0 spiro atoms. The lowest BCUT2D eigenvalue weighted by Crippen LogP contribution is -2.18. The lowest BCUT2D eigenvalue weighted by molar-refractivity contribution is -0.117. The van der Waals surface area contributed by atoms with Crippen molar-refractivity contribution in [3.63, 3.8) is 0 Å². The first kappa shape index (κ1) is 13.6. The Labute approximate surface area is 88.7 Å². The minimum Gasteiger partial charge on any atom is -0.307 e. The number of carbonyl (C=O) groups is 1. The van der Waals surface area contributed by atoms with Crippen molar-refractivity contribution in [3.05, 3.63) is 0 Å². The van der Waals surface area contributed by atoms with Gasteiger partial charge in [0.25, 0.3) is 0 Å². The summed E-state index contributed by atoms with van der Waals surface area (Å²) in [5, 5.41) is 0. The predicted molar refractivity (Wildman–Crippen MR) is 61.6 cm³/mol. The summed E-state index contributed by atoms with van der Waals surface area (Å²) in [6, 6.07) is 0. The average molecular weight is 199 g/mol. The summed E-state index contributed by atoms with van der Waals surface area (Å²) < 4.78 is 0. The molecule has 0 fully saturated rings. The van der Waals surface area contributed by atoms with Crippen molar-refractivity contribution in [1.82, 2.24) is 4.90 Å². The molecular formula is C12H25NO. The Morgan fingerprint density at radius 2 is 1.64 bits per heavy atom. The molecule has 0 saturated carbocycles. The van der Waals surface area contributed by atoms with E-state index in [-0.39, 0.29) is 0 Å². The highest BCUT2D eigenvalue weighted by atomic mass is 16.1. The summed E-state index contributed by atoms with van der Waals surface area (Å²) in [4.78, 5) is 13.0. The second-order valence-corrected chi connectivity index (χ2v) is 4.12. The van der Waals surface area contributed by atoms with Gasteiger partial charge in [-0.1, -0.05) is 26.2 Å². The van der Waals surface area contributed by atoms with Gasteiger partial charge in [-0.25, -0.2) is 0 Å². The highest BCUT2D eigenvalue weighted by Crippen LogP contribution is 2.06. The van der Waals surface area contributed by atoms with Crippen molar-refractivity contribution >= 4 is 5.78 Å². The van der Waals surface area contributed by atoms with Crippen LogP contribution in [0.4, 0.5) is 0 Å². The number of hydrogen-bond donors (Lipinski definition) is 0. The molecule has 0 N–H and O–H groups in total. The minimum atomic E-state index is 0.329.